The molecule has 7 heteroatoms. The Bertz CT molecular complexity index is 695. The van der Waals surface area contributed by atoms with Crippen LogP contribution < -0.4 is 0 Å². The van der Waals surface area contributed by atoms with Crippen LogP contribution in [0.1, 0.15) is 19.8 Å². The van der Waals surface area contributed by atoms with Gasteiger partial charge in [0, 0.05) is 19.0 Å². The lowest BCUT2D eigenvalue weighted by molar-refractivity contribution is -0.143. The van der Waals surface area contributed by atoms with Gasteiger partial charge in [0.25, 0.3) is 0 Å². The standard InChI is InChI=1S/C13H14ClFN2O2S/c1-2-19-12(18)4-3-5-17-11-6-8(14)9(15)7-10(11)16-13(17)20/h6-7H,2-5H2,1H3,(H,16,20). The SMILES string of the molecule is CCOC(=O)CCCn1c(=S)[nH]c2cc(F)c(Cl)cc21. The molecule has 1 N–H and O–H groups in total. The molecule has 0 aliphatic rings. The molecule has 20 heavy (non-hydrogen) atoms. The van der Waals surface area contributed by atoms with E-state index in [1.54, 1.807) is 11.5 Å². The number of halogens is 2. The number of ether oxygens (including phenoxy) is 1. The molecular weight excluding hydrogens is 303 g/mol. The van der Waals surface area contributed by atoms with Crippen molar-refractivity contribution >= 4 is 40.8 Å². The fourth-order valence-electron chi connectivity index (χ4n) is 1.99. The summed E-state index contributed by atoms with van der Waals surface area (Å²) >= 11 is 11.0. The molecule has 0 unspecified atom stereocenters. The summed E-state index contributed by atoms with van der Waals surface area (Å²) < 4.78 is 20.5. The molecule has 2 rings (SSSR count). The van der Waals surface area contributed by atoms with Gasteiger partial charge in [-0.3, -0.25) is 4.79 Å². The number of imidazole rings is 1. The van der Waals surface area contributed by atoms with Crippen LogP contribution >= 0.6 is 23.8 Å². The van der Waals surface area contributed by atoms with Crippen LogP contribution in [0.4, 0.5) is 4.39 Å². The fourth-order valence-corrected chi connectivity index (χ4v) is 2.45. The first-order valence-electron chi connectivity index (χ1n) is 6.26. The van der Waals surface area contributed by atoms with E-state index in [4.69, 9.17) is 28.6 Å². The Morgan fingerprint density at radius 3 is 3.00 bits per heavy atom. The van der Waals surface area contributed by atoms with E-state index in [1.807, 2.05) is 0 Å². The highest BCUT2D eigenvalue weighted by molar-refractivity contribution is 7.71. The molecule has 1 aromatic carbocycles. The van der Waals surface area contributed by atoms with Crippen LogP contribution in [0.15, 0.2) is 12.1 Å². The zero-order valence-corrected chi connectivity index (χ0v) is 12.5. The Kier molecular flexibility index (Phi) is 4.77. The smallest absolute Gasteiger partial charge is 0.305 e. The first-order chi connectivity index (χ1) is 9.52. The van der Waals surface area contributed by atoms with Crippen molar-refractivity contribution in [3.63, 3.8) is 0 Å². The summed E-state index contributed by atoms with van der Waals surface area (Å²) in [4.78, 5) is 14.2. The number of fused-ring (bicyclic) bond motifs is 1. The second kappa shape index (κ2) is 6.37. The third kappa shape index (κ3) is 3.19. The second-order valence-corrected chi connectivity index (χ2v) is 5.07. The Hall–Kier alpha value is -1.40. The Morgan fingerprint density at radius 2 is 2.30 bits per heavy atom. The number of carbonyl (C=O) groups is 1. The van der Waals surface area contributed by atoms with Crippen LogP contribution in [0.5, 0.6) is 0 Å². The summed E-state index contributed by atoms with van der Waals surface area (Å²) in [7, 11) is 0. The maximum absolute atomic E-state index is 13.4. The van der Waals surface area contributed by atoms with Gasteiger partial charge >= 0.3 is 5.97 Å². The number of hydrogen-bond donors (Lipinski definition) is 1. The molecule has 0 atom stereocenters. The Labute approximate surface area is 125 Å². The number of esters is 1. The highest BCUT2D eigenvalue weighted by atomic mass is 35.5. The average Bonchev–Trinajstić information content (AvgIpc) is 2.67. The van der Waals surface area contributed by atoms with Crippen LogP contribution in [0.25, 0.3) is 11.0 Å². The van der Waals surface area contributed by atoms with E-state index >= 15 is 0 Å². The van der Waals surface area contributed by atoms with E-state index < -0.39 is 5.82 Å². The average molecular weight is 317 g/mol. The molecular formula is C13H14ClFN2O2S. The minimum atomic E-state index is -0.492. The molecule has 1 heterocycles. The molecule has 0 spiro atoms. The number of aromatic nitrogens is 2. The van der Waals surface area contributed by atoms with Crippen molar-refractivity contribution in [1.29, 1.82) is 0 Å². The van der Waals surface area contributed by atoms with Gasteiger partial charge in [-0.05, 0) is 31.6 Å². The number of rotatable bonds is 5. The zero-order valence-electron chi connectivity index (χ0n) is 10.9. The second-order valence-electron chi connectivity index (χ2n) is 4.27. The van der Waals surface area contributed by atoms with E-state index in [1.165, 1.54) is 12.1 Å². The van der Waals surface area contributed by atoms with Crippen molar-refractivity contribution in [2.75, 3.05) is 6.61 Å². The molecule has 0 bridgehead atoms. The van der Waals surface area contributed by atoms with E-state index in [0.29, 0.717) is 36.3 Å². The molecule has 0 radical (unpaired) electrons. The lowest BCUT2D eigenvalue weighted by Crippen LogP contribution is -2.06. The Balaban J connectivity index is 2.18. The van der Waals surface area contributed by atoms with E-state index in [-0.39, 0.29) is 11.0 Å². The lowest BCUT2D eigenvalue weighted by Gasteiger charge is -2.05. The van der Waals surface area contributed by atoms with Gasteiger partial charge in [-0.25, -0.2) is 4.39 Å². The van der Waals surface area contributed by atoms with Crippen LogP contribution in [0.2, 0.25) is 5.02 Å². The topological polar surface area (TPSA) is 47.0 Å². The largest absolute Gasteiger partial charge is 0.466 e. The number of carbonyl (C=O) groups excluding carboxylic acids is 1. The number of aryl methyl sites for hydroxylation is 1. The molecule has 0 fully saturated rings. The summed E-state index contributed by atoms with van der Waals surface area (Å²) in [6.07, 6.45) is 0.909. The summed E-state index contributed by atoms with van der Waals surface area (Å²) in [5, 5.41) is 0.0469. The molecule has 0 aliphatic carbocycles. The zero-order chi connectivity index (χ0) is 14.7. The number of hydrogen-bond acceptors (Lipinski definition) is 3. The molecule has 0 amide bonds. The van der Waals surface area contributed by atoms with Gasteiger partial charge in [-0.1, -0.05) is 11.6 Å². The molecule has 0 saturated carbocycles. The molecule has 4 nitrogen and oxygen atoms in total. The summed E-state index contributed by atoms with van der Waals surface area (Å²) in [6, 6.07) is 2.85. The number of aromatic amines is 1. The normalized spacial score (nSPS) is 10.9. The molecule has 0 saturated heterocycles. The minimum absolute atomic E-state index is 0.0469. The quantitative estimate of drug-likeness (QED) is 0.673. The third-order valence-corrected chi connectivity index (χ3v) is 3.50. The van der Waals surface area contributed by atoms with Crippen LogP contribution in [-0.2, 0) is 16.1 Å². The van der Waals surface area contributed by atoms with Crippen molar-refractivity contribution in [3.8, 4) is 0 Å². The summed E-state index contributed by atoms with van der Waals surface area (Å²) in [5.74, 6) is -0.725. The molecule has 2 aromatic rings. The number of nitrogens with zero attached hydrogens (tertiary/aromatic N) is 1. The van der Waals surface area contributed by atoms with Gasteiger partial charge in [0.15, 0.2) is 4.77 Å². The third-order valence-electron chi connectivity index (χ3n) is 2.88. The monoisotopic (exact) mass is 316 g/mol. The van der Waals surface area contributed by atoms with Gasteiger partial charge in [0.1, 0.15) is 5.82 Å². The number of H-pyrrole nitrogens is 1. The molecule has 108 valence electrons. The van der Waals surface area contributed by atoms with Crippen molar-refractivity contribution in [3.05, 3.63) is 27.7 Å². The van der Waals surface area contributed by atoms with E-state index in [9.17, 15) is 9.18 Å². The van der Waals surface area contributed by atoms with E-state index in [2.05, 4.69) is 4.98 Å². The van der Waals surface area contributed by atoms with Crippen molar-refractivity contribution < 1.29 is 13.9 Å². The van der Waals surface area contributed by atoms with Crippen LogP contribution in [-0.4, -0.2) is 22.1 Å². The number of nitrogens with one attached hydrogen (secondary N) is 1. The summed E-state index contributed by atoms with van der Waals surface area (Å²) in [5.41, 5.74) is 1.32. The van der Waals surface area contributed by atoms with Gasteiger partial charge in [-0.15, -0.1) is 0 Å². The Morgan fingerprint density at radius 1 is 1.55 bits per heavy atom. The van der Waals surface area contributed by atoms with Crippen molar-refractivity contribution in [2.45, 2.75) is 26.3 Å². The van der Waals surface area contributed by atoms with Gasteiger partial charge in [0.05, 0.1) is 22.7 Å². The van der Waals surface area contributed by atoms with Crippen molar-refractivity contribution in [1.82, 2.24) is 9.55 Å². The van der Waals surface area contributed by atoms with Gasteiger partial charge < -0.3 is 14.3 Å². The van der Waals surface area contributed by atoms with Gasteiger partial charge in [0.2, 0.25) is 0 Å². The predicted octanol–water partition coefficient (Wildman–Crippen LogP) is 3.83. The first kappa shape index (κ1) is 15.0. The summed E-state index contributed by atoms with van der Waals surface area (Å²) in [6.45, 7) is 2.68. The lowest BCUT2D eigenvalue weighted by atomic mass is 10.3. The maximum Gasteiger partial charge on any atom is 0.305 e. The maximum atomic E-state index is 13.4. The van der Waals surface area contributed by atoms with E-state index in [0.717, 1.165) is 5.52 Å². The van der Waals surface area contributed by atoms with Crippen LogP contribution in [0.3, 0.4) is 0 Å². The van der Waals surface area contributed by atoms with Gasteiger partial charge in [-0.2, -0.15) is 0 Å². The fraction of sp³-hybridized carbons (Fsp3) is 0.385. The van der Waals surface area contributed by atoms with Crippen LogP contribution in [0, 0.1) is 10.6 Å². The molecule has 0 aliphatic heterocycles. The van der Waals surface area contributed by atoms with Crippen molar-refractivity contribution in [2.24, 2.45) is 0 Å². The number of benzene rings is 1. The minimum Gasteiger partial charge on any atom is -0.466 e. The first-order valence-corrected chi connectivity index (χ1v) is 7.04. The molecule has 1 aromatic heterocycles. The predicted molar refractivity (Wildman–Crippen MR) is 78.0 cm³/mol. The highest BCUT2D eigenvalue weighted by Gasteiger charge is 2.09. The highest BCUT2D eigenvalue weighted by Crippen LogP contribution is 2.23.